The molecule has 12 rings (SSSR count). The SMILES string of the molecule is c1ccc(-n2c3ccccc3c3c4c5ccccc5sc4c4c5ccccc5n(-c5nc6c7c(cccc7n5)Sc5ccccc5-6)c4c32)cc1. The molecule has 50 heavy (non-hydrogen) atoms. The van der Waals surface area contributed by atoms with Crippen molar-refractivity contribution in [3.8, 4) is 22.9 Å². The number of hydrogen-bond acceptors (Lipinski definition) is 4. The van der Waals surface area contributed by atoms with E-state index in [-0.39, 0.29) is 0 Å². The summed E-state index contributed by atoms with van der Waals surface area (Å²) in [5.74, 6) is 0.684. The van der Waals surface area contributed by atoms with Crippen molar-refractivity contribution in [2.24, 2.45) is 0 Å². The summed E-state index contributed by atoms with van der Waals surface area (Å²) in [4.78, 5) is 13.4. The third kappa shape index (κ3) is 3.41. The molecule has 0 fully saturated rings. The van der Waals surface area contributed by atoms with E-state index in [2.05, 4.69) is 155 Å². The third-order valence-electron chi connectivity index (χ3n) is 10.3. The standard InChI is InChI=1S/C44H24N4S2/c1-2-13-25(14-3-1)47-31-20-8-4-15-26(31)36-37-28-17-6-10-22-33(28)50-43(37)38-27-16-5-9-21-32(27)48(42(38)41(36)47)44-45-30-19-12-24-35-39(30)40(46-44)29-18-7-11-23-34(29)49-35/h1-24H. The van der Waals surface area contributed by atoms with Crippen LogP contribution >= 0.6 is 23.1 Å². The number of aromatic nitrogens is 4. The smallest absolute Gasteiger partial charge is 0.235 e. The van der Waals surface area contributed by atoms with Crippen molar-refractivity contribution in [2.75, 3.05) is 0 Å². The molecule has 1 aliphatic heterocycles. The van der Waals surface area contributed by atoms with Gasteiger partial charge in [-0.15, -0.1) is 11.3 Å². The number of fused-ring (bicyclic) bond motifs is 14. The summed E-state index contributed by atoms with van der Waals surface area (Å²) in [6.07, 6.45) is 0. The van der Waals surface area contributed by atoms with Gasteiger partial charge in [0.25, 0.3) is 0 Å². The van der Waals surface area contributed by atoms with Gasteiger partial charge in [-0.1, -0.05) is 109 Å². The zero-order valence-corrected chi connectivity index (χ0v) is 28.1. The van der Waals surface area contributed by atoms with Crippen LogP contribution in [0, 0.1) is 0 Å². The van der Waals surface area contributed by atoms with Gasteiger partial charge in [-0.05, 0) is 48.5 Å². The zero-order chi connectivity index (χ0) is 32.5. The normalized spacial score (nSPS) is 12.7. The van der Waals surface area contributed by atoms with Crippen LogP contribution in [-0.4, -0.2) is 19.1 Å². The molecular weight excluding hydrogens is 649 g/mol. The highest BCUT2D eigenvalue weighted by atomic mass is 32.2. The van der Waals surface area contributed by atoms with Gasteiger partial charge in [0, 0.05) is 68.1 Å². The molecule has 11 aromatic rings. The van der Waals surface area contributed by atoms with Crippen LogP contribution in [0.3, 0.4) is 0 Å². The number of para-hydroxylation sites is 3. The molecule has 0 unspecified atom stereocenters. The Bertz CT molecular complexity index is 3240. The van der Waals surface area contributed by atoms with Gasteiger partial charge in [0.1, 0.15) is 0 Å². The Balaban J connectivity index is 1.38. The van der Waals surface area contributed by atoms with Gasteiger partial charge >= 0.3 is 0 Å². The van der Waals surface area contributed by atoms with Crippen molar-refractivity contribution in [3.63, 3.8) is 0 Å². The molecule has 0 radical (unpaired) electrons. The highest BCUT2D eigenvalue weighted by molar-refractivity contribution is 7.99. The second kappa shape index (κ2) is 9.82. The van der Waals surface area contributed by atoms with Crippen LogP contribution in [0.4, 0.5) is 0 Å². The first kappa shape index (κ1) is 26.9. The summed E-state index contributed by atoms with van der Waals surface area (Å²) < 4.78 is 7.40. The Morgan fingerprint density at radius 3 is 1.98 bits per heavy atom. The Labute approximate surface area is 293 Å². The van der Waals surface area contributed by atoms with E-state index in [0.717, 1.165) is 38.9 Å². The molecule has 0 atom stereocenters. The van der Waals surface area contributed by atoms with E-state index in [1.54, 1.807) is 11.8 Å². The molecule has 1 aliphatic rings. The average Bonchev–Trinajstić information content (AvgIpc) is 3.83. The monoisotopic (exact) mass is 672 g/mol. The lowest BCUT2D eigenvalue weighted by Crippen LogP contribution is -2.06. The van der Waals surface area contributed by atoms with Crippen molar-refractivity contribution in [3.05, 3.63) is 146 Å². The maximum atomic E-state index is 5.53. The van der Waals surface area contributed by atoms with E-state index in [0.29, 0.717) is 5.95 Å². The molecule has 6 heteroatoms. The first-order valence-corrected chi connectivity index (χ1v) is 18.4. The fraction of sp³-hybridized carbons (Fsp3) is 0. The van der Waals surface area contributed by atoms with Crippen LogP contribution in [-0.2, 0) is 0 Å². The lowest BCUT2D eigenvalue weighted by Gasteiger charge is -2.20. The number of rotatable bonds is 2. The highest BCUT2D eigenvalue weighted by Gasteiger charge is 2.29. The summed E-state index contributed by atoms with van der Waals surface area (Å²) in [6, 6.07) is 52.4. The van der Waals surface area contributed by atoms with Gasteiger partial charge in [-0.3, -0.25) is 4.57 Å². The van der Waals surface area contributed by atoms with Crippen molar-refractivity contribution >= 4 is 97.8 Å². The van der Waals surface area contributed by atoms with E-state index in [4.69, 9.17) is 9.97 Å². The predicted molar refractivity (Wildman–Crippen MR) is 211 cm³/mol. The van der Waals surface area contributed by atoms with E-state index in [1.807, 2.05) is 11.3 Å². The number of thiophene rings is 1. The third-order valence-corrected chi connectivity index (χ3v) is 12.6. The molecule has 0 saturated heterocycles. The Morgan fingerprint density at radius 2 is 1.12 bits per heavy atom. The van der Waals surface area contributed by atoms with E-state index in [9.17, 15) is 0 Å². The number of nitrogens with zero attached hydrogens (tertiary/aromatic N) is 4. The van der Waals surface area contributed by atoms with Crippen molar-refractivity contribution in [1.29, 1.82) is 0 Å². The lowest BCUT2D eigenvalue weighted by molar-refractivity contribution is 1.01. The topological polar surface area (TPSA) is 35.6 Å². The maximum absolute atomic E-state index is 5.53. The van der Waals surface area contributed by atoms with Crippen LogP contribution in [0.2, 0.25) is 0 Å². The fourth-order valence-electron chi connectivity index (χ4n) is 8.32. The molecule has 0 bridgehead atoms. The molecule has 232 valence electrons. The van der Waals surface area contributed by atoms with Gasteiger partial charge in [0.15, 0.2) is 0 Å². The molecule has 7 aromatic carbocycles. The summed E-state index contributed by atoms with van der Waals surface area (Å²) >= 11 is 3.69. The second-order valence-electron chi connectivity index (χ2n) is 12.9. The molecule has 5 heterocycles. The van der Waals surface area contributed by atoms with Crippen LogP contribution < -0.4 is 0 Å². The quantitative estimate of drug-likeness (QED) is 0.183. The van der Waals surface area contributed by atoms with Gasteiger partial charge in [-0.25, -0.2) is 9.97 Å². The van der Waals surface area contributed by atoms with Gasteiger partial charge in [0.2, 0.25) is 5.95 Å². The summed E-state index contributed by atoms with van der Waals surface area (Å²) in [5, 5.41) is 8.67. The minimum atomic E-state index is 0.684. The molecular formula is C44H24N4S2. The Hall–Kier alpha value is -5.95. The van der Waals surface area contributed by atoms with Crippen LogP contribution in [0.5, 0.6) is 0 Å². The second-order valence-corrected chi connectivity index (χ2v) is 15.0. The van der Waals surface area contributed by atoms with E-state index < -0.39 is 0 Å². The number of hydrogen-bond donors (Lipinski definition) is 0. The van der Waals surface area contributed by atoms with Crippen molar-refractivity contribution < 1.29 is 0 Å². The average molecular weight is 673 g/mol. The van der Waals surface area contributed by atoms with Gasteiger partial charge < -0.3 is 4.57 Å². The molecule has 0 amide bonds. The summed E-state index contributed by atoms with van der Waals surface area (Å²) in [5.41, 5.74) is 8.80. The first-order valence-electron chi connectivity index (χ1n) is 16.8. The van der Waals surface area contributed by atoms with Crippen LogP contribution in [0.15, 0.2) is 155 Å². The maximum Gasteiger partial charge on any atom is 0.235 e. The lowest BCUT2D eigenvalue weighted by atomic mass is 10.0. The minimum absolute atomic E-state index is 0.684. The molecule has 0 spiro atoms. The Morgan fingerprint density at radius 1 is 0.460 bits per heavy atom. The Kier molecular flexibility index (Phi) is 5.29. The van der Waals surface area contributed by atoms with E-state index >= 15 is 0 Å². The summed E-state index contributed by atoms with van der Waals surface area (Å²) in [7, 11) is 0. The van der Waals surface area contributed by atoms with Crippen LogP contribution in [0.25, 0.3) is 97.6 Å². The predicted octanol–water partition coefficient (Wildman–Crippen LogP) is 12.3. The highest BCUT2D eigenvalue weighted by Crippen LogP contribution is 2.52. The molecule has 4 nitrogen and oxygen atoms in total. The van der Waals surface area contributed by atoms with E-state index in [1.165, 1.54) is 62.5 Å². The minimum Gasteiger partial charge on any atom is -0.307 e. The van der Waals surface area contributed by atoms with Crippen molar-refractivity contribution in [2.45, 2.75) is 9.79 Å². The van der Waals surface area contributed by atoms with Gasteiger partial charge in [0.05, 0.1) is 33.3 Å². The van der Waals surface area contributed by atoms with Gasteiger partial charge in [-0.2, -0.15) is 0 Å². The van der Waals surface area contributed by atoms with Crippen molar-refractivity contribution in [1.82, 2.24) is 19.1 Å². The zero-order valence-electron chi connectivity index (χ0n) is 26.5. The first-order chi connectivity index (χ1) is 24.8. The fourth-order valence-corrected chi connectivity index (χ4v) is 10.7. The molecule has 0 saturated carbocycles. The van der Waals surface area contributed by atoms with Crippen LogP contribution in [0.1, 0.15) is 0 Å². The molecule has 0 aliphatic carbocycles. The number of benzene rings is 7. The summed E-state index contributed by atoms with van der Waals surface area (Å²) in [6.45, 7) is 0. The molecule has 0 N–H and O–H groups in total. The largest absolute Gasteiger partial charge is 0.307 e. The molecule has 4 aromatic heterocycles.